The van der Waals surface area contributed by atoms with Crippen LogP contribution in [0.4, 0.5) is 5.69 Å². The molecule has 11 heteroatoms. The molecular formula is C32H38BrN3O5S2. The third-order valence-corrected chi connectivity index (χ3v) is 10.5. The Bertz CT molecular complexity index is 1490. The number of carbonyl (C=O) groups is 2. The number of thioether (sulfide) groups is 1. The Labute approximate surface area is 267 Å². The van der Waals surface area contributed by atoms with Gasteiger partial charge in [-0.1, -0.05) is 53.0 Å². The van der Waals surface area contributed by atoms with Gasteiger partial charge < -0.3 is 15.0 Å². The van der Waals surface area contributed by atoms with Crippen molar-refractivity contribution in [1.82, 2.24) is 10.2 Å². The first-order valence-electron chi connectivity index (χ1n) is 14.4. The van der Waals surface area contributed by atoms with Crippen LogP contribution in [0.25, 0.3) is 0 Å². The number of amides is 2. The normalized spacial score (nSPS) is 14.2. The fourth-order valence-electron chi connectivity index (χ4n) is 5.09. The number of rotatable bonds is 13. The minimum absolute atomic E-state index is 0.0517. The molecule has 230 valence electrons. The average Bonchev–Trinajstić information content (AvgIpc) is 3.52. The Morgan fingerprint density at radius 3 is 2.30 bits per heavy atom. The summed E-state index contributed by atoms with van der Waals surface area (Å²) in [6.45, 7) is 3.43. The maximum atomic E-state index is 14.2. The van der Waals surface area contributed by atoms with Crippen LogP contribution >= 0.6 is 27.7 Å². The summed E-state index contributed by atoms with van der Waals surface area (Å²) in [6.07, 6.45) is 5.86. The van der Waals surface area contributed by atoms with Crippen molar-refractivity contribution in [1.29, 1.82) is 0 Å². The Hall–Kier alpha value is -3.02. The van der Waals surface area contributed by atoms with Gasteiger partial charge in [-0.2, -0.15) is 0 Å². The molecule has 1 saturated carbocycles. The van der Waals surface area contributed by atoms with E-state index in [2.05, 4.69) is 21.2 Å². The van der Waals surface area contributed by atoms with Gasteiger partial charge in [-0.05, 0) is 87.0 Å². The molecule has 1 atom stereocenters. The van der Waals surface area contributed by atoms with E-state index < -0.39 is 28.5 Å². The number of halogens is 1. The van der Waals surface area contributed by atoms with E-state index in [1.54, 1.807) is 55.5 Å². The predicted octanol–water partition coefficient (Wildman–Crippen LogP) is 6.24. The summed E-state index contributed by atoms with van der Waals surface area (Å²) in [5.41, 5.74) is 1.06. The second-order valence-electron chi connectivity index (χ2n) is 10.4. The number of hydrogen-bond acceptors (Lipinski definition) is 6. The summed E-state index contributed by atoms with van der Waals surface area (Å²) in [5.74, 6) is -0.421. The molecule has 0 saturated heterocycles. The Morgan fingerprint density at radius 2 is 1.67 bits per heavy atom. The van der Waals surface area contributed by atoms with Crippen LogP contribution in [0, 0.1) is 0 Å². The first kappa shape index (κ1) is 32.9. The van der Waals surface area contributed by atoms with Crippen LogP contribution in [0.1, 0.15) is 45.1 Å². The average molecular weight is 689 g/mol. The van der Waals surface area contributed by atoms with Gasteiger partial charge in [-0.3, -0.25) is 13.9 Å². The lowest BCUT2D eigenvalue weighted by atomic mass is 10.1. The highest BCUT2D eigenvalue weighted by atomic mass is 79.9. The van der Waals surface area contributed by atoms with E-state index in [-0.39, 0.29) is 29.1 Å². The largest absolute Gasteiger partial charge is 0.492 e. The molecule has 3 aromatic rings. The van der Waals surface area contributed by atoms with Gasteiger partial charge in [0.05, 0.1) is 17.2 Å². The zero-order valence-electron chi connectivity index (χ0n) is 24.7. The van der Waals surface area contributed by atoms with Gasteiger partial charge in [0.2, 0.25) is 11.8 Å². The number of ether oxygens (including phenoxy) is 1. The molecular weight excluding hydrogens is 650 g/mol. The topological polar surface area (TPSA) is 96.0 Å². The van der Waals surface area contributed by atoms with Crippen molar-refractivity contribution in [2.75, 3.05) is 23.7 Å². The van der Waals surface area contributed by atoms with E-state index in [1.807, 2.05) is 37.4 Å². The van der Waals surface area contributed by atoms with E-state index in [4.69, 9.17) is 4.74 Å². The minimum atomic E-state index is -4.20. The predicted molar refractivity (Wildman–Crippen MR) is 175 cm³/mol. The molecule has 8 nitrogen and oxygen atoms in total. The van der Waals surface area contributed by atoms with Crippen LogP contribution < -0.4 is 14.4 Å². The first-order chi connectivity index (χ1) is 20.6. The fraction of sp³-hybridized carbons (Fsp3) is 0.375. The highest BCUT2D eigenvalue weighted by molar-refractivity contribution is 9.10. The Morgan fingerprint density at radius 1 is 1.02 bits per heavy atom. The minimum Gasteiger partial charge on any atom is -0.492 e. The molecule has 1 unspecified atom stereocenters. The van der Waals surface area contributed by atoms with Gasteiger partial charge in [0.1, 0.15) is 18.3 Å². The Kier molecular flexibility index (Phi) is 11.6. The highest BCUT2D eigenvalue weighted by Crippen LogP contribution is 2.33. The molecule has 2 amide bonds. The summed E-state index contributed by atoms with van der Waals surface area (Å²) in [7, 11) is -4.20. The standard InChI is InChI=1S/C32H38BrN3O5S2/c1-4-41-30-12-8-7-11-29(30)36(43(39,40)28-19-17-27(42-3)18-20-28)22-31(37)35(21-24-13-15-25(33)16-14-24)23(2)32(38)34-26-9-5-6-10-26/h7-8,11-20,23,26H,4-6,9-10,21-22H2,1-3H3,(H,34,38). The molecule has 0 aliphatic heterocycles. The molecule has 1 fully saturated rings. The molecule has 0 heterocycles. The van der Waals surface area contributed by atoms with Gasteiger partial charge in [0.15, 0.2) is 0 Å². The van der Waals surface area contributed by atoms with E-state index >= 15 is 0 Å². The number of sulfonamides is 1. The van der Waals surface area contributed by atoms with Gasteiger partial charge >= 0.3 is 0 Å². The van der Waals surface area contributed by atoms with E-state index in [9.17, 15) is 18.0 Å². The summed E-state index contributed by atoms with van der Waals surface area (Å²) in [5, 5.41) is 3.09. The zero-order valence-corrected chi connectivity index (χ0v) is 27.9. The highest BCUT2D eigenvalue weighted by Gasteiger charge is 2.34. The lowest BCUT2D eigenvalue weighted by Gasteiger charge is -2.33. The third-order valence-electron chi connectivity index (χ3n) is 7.50. The maximum absolute atomic E-state index is 14.2. The molecule has 1 aliphatic carbocycles. The van der Waals surface area contributed by atoms with Crippen molar-refractivity contribution in [2.45, 2.75) is 68.0 Å². The molecule has 3 aromatic carbocycles. The van der Waals surface area contributed by atoms with Gasteiger partial charge in [-0.25, -0.2) is 8.42 Å². The molecule has 43 heavy (non-hydrogen) atoms. The summed E-state index contributed by atoms with van der Waals surface area (Å²) in [6, 6.07) is 20.1. The van der Waals surface area contributed by atoms with Crippen LogP contribution in [0.15, 0.2) is 87.1 Å². The van der Waals surface area contributed by atoms with Gasteiger partial charge in [0, 0.05) is 22.0 Å². The number of hydrogen-bond donors (Lipinski definition) is 1. The molecule has 0 aromatic heterocycles. The van der Waals surface area contributed by atoms with Gasteiger partial charge in [0.25, 0.3) is 10.0 Å². The quantitative estimate of drug-likeness (QED) is 0.214. The summed E-state index contributed by atoms with van der Waals surface area (Å²) >= 11 is 4.95. The second kappa shape index (κ2) is 15.1. The lowest BCUT2D eigenvalue weighted by Crippen LogP contribution is -2.52. The molecule has 4 rings (SSSR count). The van der Waals surface area contributed by atoms with Crippen molar-refractivity contribution in [3.05, 3.63) is 82.8 Å². The number of benzene rings is 3. The second-order valence-corrected chi connectivity index (χ2v) is 14.1. The van der Waals surface area contributed by atoms with Crippen molar-refractivity contribution in [3.63, 3.8) is 0 Å². The van der Waals surface area contributed by atoms with Gasteiger partial charge in [-0.15, -0.1) is 11.8 Å². The first-order valence-corrected chi connectivity index (χ1v) is 17.8. The summed E-state index contributed by atoms with van der Waals surface area (Å²) < 4.78 is 36.1. The number of para-hydroxylation sites is 2. The summed E-state index contributed by atoms with van der Waals surface area (Å²) in [4.78, 5) is 30.0. The molecule has 0 spiro atoms. The number of carbonyl (C=O) groups excluding carboxylic acids is 2. The monoisotopic (exact) mass is 687 g/mol. The fourth-order valence-corrected chi connectivity index (χ4v) is 7.19. The number of anilines is 1. The SMILES string of the molecule is CCOc1ccccc1N(CC(=O)N(Cc1ccc(Br)cc1)C(C)C(=O)NC1CCCC1)S(=O)(=O)c1ccc(SC)cc1. The van der Waals surface area contributed by atoms with Crippen LogP contribution in [0.3, 0.4) is 0 Å². The van der Waals surface area contributed by atoms with Crippen molar-refractivity contribution >= 4 is 55.2 Å². The molecule has 0 bridgehead atoms. The van der Waals surface area contributed by atoms with E-state index in [0.717, 1.165) is 44.9 Å². The number of nitrogens with one attached hydrogen (secondary N) is 1. The van der Waals surface area contributed by atoms with Crippen LogP contribution in [-0.2, 0) is 26.2 Å². The Balaban J connectivity index is 1.72. The van der Waals surface area contributed by atoms with Crippen molar-refractivity contribution in [2.24, 2.45) is 0 Å². The van der Waals surface area contributed by atoms with Crippen LogP contribution in [-0.4, -0.2) is 56.6 Å². The van der Waals surface area contributed by atoms with Crippen molar-refractivity contribution in [3.8, 4) is 5.75 Å². The molecule has 1 aliphatic rings. The van der Waals surface area contributed by atoms with Crippen LogP contribution in [0.5, 0.6) is 5.75 Å². The maximum Gasteiger partial charge on any atom is 0.264 e. The number of nitrogens with zero attached hydrogens (tertiary/aromatic N) is 2. The lowest BCUT2D eigenvalue weighted by molar-refractivity contribution is -0.139. The van der Waals surface area contributed by atoms with Crippen LogP contribution in [0.2, 0.25) is 0 Å². The van der Waals surface area contributed by atoms with Crippen molar-refractivity contribution < 1.29 is 22.7 Å². The molecule has 1 N–H and O–H groups in total. The zero-order chi connectivity index (χ0) is 31.0. The third kappa shape index (κ3) is 8.33. The molecule has 0 radical (unpaired) electrons. The van der Waals surface area contributed by atoms with E-state index in [0.29, 0.717) is 12.4 Å². The smallest absolute Gasteiger partial charge is 0.264 e. The van der Waals surface area contributed by atoms with E-state index in [1.165, 1.54) is 16.7 Å².